The molecule has 130 valence electrons. The number of nitrogens with two attached hydrogens (primary N) is 2. The van der Waals surface area contributed by atoms with Gasteiger partial charge in [-0.1, -0.05) is 18.2 Å². The molecule has 26 heavy (non-hydrogen) atoms. The second-order valence-electron chi connectivity index (χ2n) is 5.18. The van der Waals surface area contributed by atoms with Crippen LogP contribution < -0.4 is 11.5 Å². The lowest BCUT2D eigenvalue weighted by Crippen LogP contribution is -2.16. The minimum atomic E-state index is -0.518. The van der Waals surface area contributed by atoms with Crippen LogP contribution in [0.2, 0.25) is 0 Å². The number of anilines is 2. The fraction of sp³-hybridized carbons (Fsp3) is 0. The predicted molar refractivity (Wildman–Crippen MR) is 94.5 cm³/mol. The van der Waals surface area contributed by atoms with Crippen LogP contribution >= 0.6 is 0 Å². The molecule has 0 unspecified atom stereocenters. The maximum atomic E-state index is 12.4. The van der Waals surface area contributed by atoms with Crippen LogP contribution in [0.15, 0.2) is 64.8 Å². The summed E-state index contributed by atoms with van der Waals surface area (Å²) in [6, 6.07) is 13.9. The molecule has 0 aliphatic carbocycles. The van der Waals surface area contributed by atoms with E-state index in [-0.39, 0.29) is 23.0 Å². The number of carbonyl (C=O) groups is 1. The van der Waals surface area contributed by atoms with E-state index in [4.69, 9.17) is 11.5 Å². The molecular formula is C16H13N7O3. The van der Waals surface area contributed by atoms with E-state index in [1.54, 1.807) is 30.3 Å². The van der Waals surface area contributed by atoms with Gasteiger partial charge in [-0.15, -0.1) is 10.2 Å². The van der Waals surface area contributed by atoms with Crippen LogP contribution in [0.1, 0.15) is 10.4 Å². The average Bonchev–Trinajstić information content (AvgIpc) is 2.94. The molecule has 2 aromatic carbocycles. The van der Waals surface area contributed by atoms with E-state index in [0.29, 0.717) is 11.3 Å². The molecule has 0 bridgehead atoms. The van der Waals surface area contributed by atoms with Crippen LogP contribution in [0, 0.1) is 10.1 Å². The SMILES string of the molecule is Nc1nn(C(=O)c2ccccc2)c(N)c1N=Nc1ccc([N+](=O)[O-])cc1. The van der Waals surface area contributed by atoms with Gasteiger partial charge in [-0.3, -0.25) is 14.9 Å². The highest BCUT2D eigenvalue weighted by molar-refractivity contribution is 5.99. The topological polar surface area (TPSA) is 155 Å². The van der Waals surface area contributed by atoms with Gasteiger partial charge in [-0.25, -0.2) is 0 Å². The van der Waals surface area contributed by atoms with Crippen molar-refractivity contribution in [1.29, 1.82) is 0 Å². The summed E-state index contributed by atoms with van der Waals surface area (Å²) in [5, 5.41) is 22.4. The van der Waals surface area contributed by atoms with E-state index in [9.17, 15) is 14.9 Å². The standard InChI is InChI=1S/C16H13N7O3/c17-14-13(20-19-11-6-8-12(9-7-11)23(25)26)15(18)22(21-14)16(24)10-4-2-1-3-5-10/h1-9H,18H2,(H2,17,21). The lowest BCUT2D eigenvalue weighted by Gasteiger charge is -2.02. The van der Waals surface area contributed by atoms with Gasteiger partial charge in [-0.2, -0.15) is 9.80 Å². The molecule has 10 nitrogen and oxygen atoms in total. The number of hydrogen-bond acceptors (Lipinski definition) is 8. The van der Waals surface area contributed by atoms with Crippen molar-refractivity contribution in [1.82, 2.24) is 9.78 Å². The first-order valence-electron chi connectivity index (χ1n) is 7.37. The molecule has 0 fully saturated rings. The molecule has 0 saturated heterocycles. The third kappa shape index (κ3) is 3.24. The van der Waals surface area contributed by atoms with Gasteiger partial charge < -0.3 is 11.5 Å². The van der Waals surface area contributed by atoms with Crippen molar-refractivity contribution in [3.63, 3.8) is 0 Å². The number of rotatable bonds is 4. The monoisotopic (exact) mass is 351 g/mol. The second kappa shape index (κ2) is 6.81. The van der Waals surface area contributed by atoms with Gasteiger partial charge in [0.2, 0.25) is 0 Å². The van der Waals surface area contributed by atoms with Crippen molar-refractivity contribution in [3.8, 4) is 0 Å². The number of hydrogen-bond donors (Lipinski definition) is 2. The molecule has 4 N–H and O–H groups in total. The fourth-order valence-electron chi connectivity index (χ4n) is 2.15. The minimum Gasteiger partial charge on any atom is -0.382 e. The maximum absolute atomic E-state index is 12.4. The van der Waals surface area contributed by atoms with Gasteiger partial charge in [0.15, 0.2) is 17.3 Å². The first kappa shape index (κ1) is 16.8. The quantitative estimate of drug-likeness (QED) is 0.418. The number of nitro benzene ring substituents is 1. The molecule has 3 rings (SSSR count). The van der Waals surface area contributed by atoms with Gasteiger partial charge in [0.05, 0.1) is 10.6 Å². The third-order valence-corrected chi connectivity index (χ3v) is 3.46. The Balaban J connectivity index is 1.88. The number of benzene rings is 2. The molecular weight excluding hydrogens is 338 g/mol. The van der Waals surface area contributed by atoms with Crippen molar-refractivity contribution >= 4 is 34.6 Å². The normalized spacial score (nSPS) is 10.9. The van der Waals surface area contributed by atoms with Crippen LogP contribution in [0.5, 0.6) is 0 Å². The number of nitrogens with zero attached hydrogens (tertiary/aromatic N) is 5. The summed E-state index contributed by atoms with van der Waals surface area (Å²) in [5.41, 5.74) is 12.4. The molecule has 1 heterocycles. The number of nitro groups is 1. The zero-order valence-corrected chi connectivity index (χ0v) is 13.3. The van der Waals surface area contributed by atoms with Crippen LogP contribution in [0.4, 0.5) is 28.7 Å². The van der Waals surface area contributed by atoms with Crippen molar-refractivity contribution in [2.24, 2.45) is 10.2 Å². The Hall–Kier alpha value is -4.08. The highest BCUT2D eigenvalue weighted by atomic mass is 16.6. The van der Waals surface area contributed by atoms with Gasteiger partial charge >= 0.3 is 0 Å². The van der Waals surface area contributed by atoms with E-state index in [0.717, 1.165) is 4.68 Å². The van der Waals surface area contributed by atoms with Gasteiger partial charge in [0, 0.05) is 17.7 Å². The Morgan fingerprint density at radius 2 is 1.69 bits per heavy atom. The number of nitrogen functional groups attached to an aromatic ring is 2. The van der Waals surface area contributed by atoms with Crippen molar-refractivity contribution in [2.75, 3.05) is 11.5 Å². The molecule has 0 radical (unpaired) electrons. The Morgan fingerprint density at radius 1 is 1.04 bits per heavy atom. The fourth-order valence-corrected chi connectivity index (χ4v) is 2.15. The van der Waals surface area contributed by atoms with Gasteiger partial charge in [0.25, 0.3) is 11.6 Å². The Morgan fingerprint density at radius 3 is 2.31 bits per heavy atom. The van der Waals surface area contributed by atoms with E-state index in [1.807, 2.05) is 0 Å². The second-order valence-corrected chi connectivity index (χ2v) is 5.18. The van der Waals surface area contributed by atoms with E-state index in [2.05, 4.69) is 15.3 Å². The van der Waals surface area contributed by atoms with E-state index in [1.165, 1.54) is 24.3 Å². The van der Waals surface area contributed by atoms with Crippen LogP contribution in [0.25, 0.3) is 0 Å². The highest BCUT2D eigenvalue weighted by Gasteiger charge is 2.19. The number of non-ortho nitro benzene ring substituents is 1. The summed E-state index contributed by atoms with van der Waals surface area (Å²) in [6.07, 6.45) is 0. The van der Waals surface area contributed by atoms with E-state index >= 15 is 0 Å². The molecule has 3 aromatic rings. The first-order chi connectivity index (χ1) is 12.5. The van der Waals surface area contributed by atoms with Crippen molar-refractivity contribution in [3.05, 3.63) is 70.3 Å². The molecule has 0 saturated carbocycles. The van der Waals surface area contributed by atoms with Crippen molar-refractivity contribution < 1.29 is 9.72 Å². The number of carbonyl (C=O) groups excluding carboxylic acids is 1. The third-order valence-electron chi connectivity index (χ3n) is 3.46. The smallest absolute Gasteiger partial charge is 0.280 e. The van der Waals surface area contributed by atoms with Crippen molar-refractivity contribution in [2.45, 2.75) is 0 Å². The van der Waals surface area contributed by atoms with E-state index < -0.39 is 10.8 Å². The molecule has 0 aliphatic rings. The first-order valence-corrected chi connectivity index (χ1v) is 7.37. The zero-order valence-electron chi connectivity index (χ0n) is 13.3. The summed E-state index contributed by atoms with van der Waals surface area (Å²) >= 11 is 0. The molecule has 1 aromatic heterocycles. The predicted octanol–water partition coefficient (Wildman–Crippen LogP) is 3.06. The Labute approximate surface area is 146 Å². The molecule has 0 atom stereocenters. The Bertz CT molecular complexity index is 995. The summed E-state index contributed by atoms with van der Waals surface area (Å²) in [4.78, 5) is 22.6. The molecule has 0 aliphatic heterocycles. The minimum absolute atomic E-state index is 0.0487. The van der Waals surface area contributed by atoms with Gasteiger partial charge in [-0.05, 0) is 24.3 Å². The summed E-state index contributed by atoms with van der Waals surface area (Å²) in [5.74, 6) is -0.564. The number of azo groups is 1. The highest BCUT2D eigenvalue weighted by Crippen LogP contribution is 2.31. The Kier molecular flexibility index (Phi) is 4.39. The lowest BCUT2D eigenvalue weighted by molar-refractivity contribution is -0.384. The van der Waals surface area contributed by atoms with Crippen LogP contribution in [0.3, 0.4) is 0 Å². The zero-order chi connectivity index (χ0) is 18.7. The molecule has 10 heteroatoms. The molecule has 0 spiro atoms. The van der Waals surface area contributed by atoms with Crippen LogP contribution in [-0.2, 0) is 0 Å². The largest absolute Gasteiger partial charge is 0.382 e. The van der Waals surface area contributed by atoms with Crippen LogP contribution in [-0.4, -0.2) is 20.6 Å². The van der Waals surface area contributed by atoms with Gasteiger partial charge in [0.1, 0.15) is 0 Å². The molecule has 0 amide bonds. The maximum Gasteiger partial charge on any atom is 0.280 e. The number of aromatic nitrogens is 2. The average molecular weight is 351 g/mol. The summed E-state index contributed by atoms with van der Waals surface area (Å²) in [7, 11) is 0. The summed E-state index contributed by atoms with van der Waals surface area (Å²) in [6.45, 7) is 0. The summed E-state index contributed by atoms with van der Waals surface area (Å²) < 4.78 is 0.953. The lowest BCUT2D eigenvalue weighted by atomic mass is 10.2.